The van der Waals surface area contributed by atoms with Crippen LogP contribution in [0.3, 0.4) is 0 Å². The Hall–Kier alpha value is -1.66. The van der Waals surface area contributed by atoms with Gasteiger partial charge < -0.3 is 4.74 Å². The van der Waals surface area contributed by atoms with Crippen LogP contribution in [0.2, 0.25) is 5.02 Å². The van der Waals surface area contributed by atoms with Crippen LogP contribution in [0.1, 0.15) is 17.4 Å². The lowest BCUT2D eigenvalue weighted by Crippen LogP contribution is -2.22. The lowest BCUT2D eigenvalue weighted by atomic mass is 10.3. The second-order valence-corrected chi connectivity index (χ2v) is 4.97. The molecular formula is C13H10BrClN2O3. The molecule has 0 fully saturated rings. The minimum absolute atomic E-state index is 0.176. The lowest BCUT2D eigenvalue weighted by molar-refractivity contribution is 0.0515. The quantitative estimate of drug-likeness (QED) is 0.793. The van der Waals surface area contributed by atoms with Crippen molar-refractivity contribution in [1.29, 1.82) is 0 Å². The maximum atomic E-state index is 11.7. The van der Waals surface area contributed by atoms with E-state index < -0.39 is 11.4 Å². The van der Waals surface area contributed by atoms with Crippen LogP contribution >= 0.6 is 27.5 Å². The number of rotatable bonds is 3. The standard InChI is InChI=1S/C13H10BrClN2O3/c1-2-20-13(19)12-10(18)6-7-17(16-12)9-5-3-4-8(15)11(9)14/h3-7H,2H2,1H3. The van der Waals surface area contributed by atoms with Gasteiger partial charge in [-0.05, 0) is 35.0 Å². The molecule has 0 atom stereocenters. The SMILES string of the molecule is CCOC(=O)c1nn(-c2cccc(Cl)c2Br)ccc1=O. The molecule has 0 aliphatic rings. The number of aromatic nitrogens is 2. The molecule has 0 N–H and O–H groups in total. The zero-order valence-corrected chi connectivity index (χ0v) is 12.8. The van der Waals surface area contributed by atoms with E-state index in [1.807, 2.05) is 0 Å². The van der Waals surface area contributed by atoms with Gasteiger partial charge in [-0.3, -0.25) is 4.79 Å². The molecule has 0 unspecified atom stereocenters. The Labute approximate surface area is 128 Å². The molecule has 0 aliphatic heterocycles. The second-order valence-electron chi connectivity index (χ2n) is 3.77. The molecule has 0 spiro atoms. The van der Waals surface area contributed by atoms with Crippen molar-refractivity contribution in [3.05, 3.63) is 55.9 Å². The molecule has 0 amide bonds. The van der Waals surface area contributed by atoms with Crippen LogP contribution in [0, 0.1) is 0 Å². The first-order valence-electron chi connectivity index (χ1n) is 5.76. The van der Waals surface area contributed by atoms with E-state index in [9.17, 15) is 9.59 Å². The largest absolute Gasteiger partial charge is 0.461 e. The molecule has 0 saturated heterocycles. The third-order valence-corrected chi connectivity index (χ3v) is 3.83. The number of hydrogen-bond donors (Lipinski definition) is 0. The van der Waals surface area contributed by atoms with Gasteiger partial charge in [0, 0.05) is 12.3 Å². The number of benzene rings is 1. The molecule has 1 heterocycles. The van der Waals surface area contributed by atoms with Gasteiger partial charge in [0.2, 0.25) is 11.1 Å². The van der Waals surface area contributed by atoms with Crippen LogP contribution in [0.5, 0.6) is 0 Å². The van der Waals surface area contributed by atoms with Crippen LogP contribution in [-0.4, -0.2) is 22.4 Å². The van der Waals surface area contributed by atoms with Crippen LogP contribution in [0.25, 0.3) is 5.69 Å². The summed E-state index contributed by atoms with van der Waals surface area (Å²) >= 11 is 9.35. The maximum Gasteiger partial charge on any atom is 0.362 e. The first kappa shape index (κ1) is 14.7. The highest BCUT2D eigenvalue weighted by atomic mass is 79.9. The Bertz CT molecular complexity index is 715. The van der Waals surface area contributed by atoms with Gasteiger partial charge in [0.25, 0.3) is 0 Å². The van der Waals surface area contributed by atoms with Crippen LogP contribution in [-0.2, 0) is 4.74 Å². The number of halogens is 2. The number of esters is 1. The van der Waals surface area contributed by atoms with Crippen molar-refractivity contribution in [3.8, 4) is 5.69 Å². The number of hydrogen-bond acceptors (Lipinski definition) is 4. The predicted molar refractivity (Wildman–Crippen MR) is 78.5 cm³/mol. The van der Waals surface area contributed by atoms with Crippen molar-refractivity contribution in [2.75, 3.05) is 6.61 Å². The van der Waals surface area contributed by atoms with Gasteiger partial charge in [-0.1, -0.05) is 17.7 Å². The van der Waals surface area contributed by atoms with Crippen LogP contribution in [0.15, 0.2) is 39.7 Å². The summed E-state index contributed by atoms with van der Waals surface area (Å²) in [5, 5.41) is 4.50. The lowest BCUT2D eigenvalue weighted by Gasteiger charge is -2.09. The van der Waals surface area contributed by atoms with E-state index >= 15 is 0 Å². The van der Waals surface area contributed by atoms with E-state index in [4.69, 9.17) is 16.3 Å². The van der Waals surface area contributed by atoms with Gasteiger partial charge in [0.1, 0.15) is 0 Å². The molecule has 0 bridgehead atoms. The number of ether oxygens (including phenoxy) is 1. The van der Waals surface area contributed by atoms with Gasteiger partial charge in [-0.25, -0.2) is 9.48 Å². The Morgan fingerprint density at radius 3 is 2.90 bits per heavy atom. The number of carbonyl (C=O) groups excluding carboxylic acids is 1. The third-order valence-electron chi connectivity index (χ3n) is 2.46. The summed E-state index contributed by atoms with van der Waals surface area (Å²) in [6.45, 7) is 1.84. The topological polar surface area (TPSA) is 61.2 Å². The zero-order valence-electron chi connectivity index (χ0n) is 10.5. The smallest absolute Gasteiger partial charge is 0.362 e. The molecule has 5 nitrogen and oxygen atoms in total. The Morgan fingerprint density at radius 1 is 1.45 bits per heavy atom. The van der Waals surface area contributed by atoms with E-state index in [-0.39, 0.29) is 12.3 Å². The Balaban J connectivity index is 2.54. The second kappa shape index (κ2) is 6.19. The van der Waals surface area contributed by atoms with E-state index in [2.05, 4.69) is 21.0 Å². The summed E-state index contributed by atoms with van der Waals surface area (Å²) < 4.78 is 6.81. The molecule has 1 aromatic heterocycles. The average molecular weight is 358 g/mol. The van der Waals surface area contributed by atoms with Crippen molar-refractivity contribution in [1.82, 2.24) is 9.78 Å². The molecule has 0 aliphatic carbocycles. The molecule has 7 heteroatoms. The Morgan fingerprint density at radius 2 is 2.20 bits per heavy atom. The average Bonchev–Trinajstić information content (AvgIpc) is 2.43. The minimum atomic E-state index is -0.745. The van der Waals surface area contributed by atoms with Crippen LogP contribution in [0.4, 0.5) is 0 Å². The van der Waals surface area contributed by atoms with Crippen molar-refractivity contribution >= 4 is 33.5 Å². The fourth-order valence-corrected chi connectivity index (χ4v) is 2.17. The van der Waals surface area contributed by atoms with Crippen molar-refractivity contribution in [2.24, 2.45) is 0 Å². The minimum Gasteiger partial charge on any atom is -0.461 e. The number of nitrogens with zero attached hydrogens (tertiary/aromatic N) is 2. The highest BCUT2D eigenvalue weighted by molar-refractivity contribution is 9.10. The van der Waals surface area contributed by atoms with E-state index in [1.54, 1.807) is 25.1 Å². The summed E-state index contributed by atoms with van der Waals surface area (Å²) in [6.07, 6.45) is 1.46. The van der Waals surface area contributed by atoms with Gasteiger partial charge in [-0.15, -0.1) is 0 Å². The predicted octanol–water partition coefficient (Wildman–Crippen LogP) is 2.83. The van der Waals surface area contributed by atoms with E-state index in [1.165, 1.54) is 16.9 Å². The summed E-state index contributed by atoms with van der Waals surface area (Å²) in [6, 6.07) is 6.46. The highest BCUT2D eigenvalue weighted by Crippen LogP contribution is 2.28. The molecule has 0 saturated carbocycles. The monoisotopic (exact) mass is 356 g/mol. The van der Waals surface area contributed by atoms with Gasteiger partial charge >= 0.3 is 5.97 Å². The summed E-state index contributed by atoms with van der Waals surface area (Å²) in [5.74, 6) is -0.745. The molecule has 0 radical (unpaired) electrons. The molecule has 104 valence electrons. The first-order chi connectivity index (χ1) is 9.54. The molecule has 20 heavy (non-hydrogen) atoms. The zero-order chi connectivity index (χ0) is 14.7. The molecule has 2 aromatic rings. The maximum absolute atomic E-state index is 11.7. The van der Waals surface area contributed by atoms with Gasteiger partial charge in [0.05, 0.1) is 21.8 Å². The van der Waals surface area contributed by atoms with Crippen LogP contribution < -0.4 is 5.43 Å². The molecule has 1 aromatic carbocycles. The van der Waals surface area contributed by atoms with Crippen molar-refractivity contribution in [3.63, 3.8) is 0 Å². The van der Waals surface area contributed by atoms with Gasteiger partial charge in [0.15, 0.2) is 0 Å². The first-order valence-corrected chi connectivity index (χ1v) is 6.93. The molecule has 2 rings (SSSR count). The van der Waals surface area contributed by atoms with Gasteiger partial charge in [-0.2, -0.15) is 5.10 Å². The Kier molecular flexibility index (Phi) is 4.57. The summed E-state index contributed by atoms with van der Waals surface area (Å²) in [7, 11) is 0. The van der Waals surface area contributed by atoms with Crippen molar-refractivity contribution < 1.29 is 9.53 Å². The summed E-state index contributed by atoms with van der Waals surface area (Å²) in [5.41, 5.74) is -0.137. The molecular weight excluding hydrogens is 348 g/mol. The fourth-order valence-electron chi connectivity index (χ4n) is 1.55. The van der Waals surface area contributed by atoms with E-state index in [0.717, 1.165) is 0 Å². The summed E-state index contributed by atoms with van der Waals surface area (Å²) in [4.78, 5) is 23.3. The number of carbonyl (C=O) groups is 1. The highest BCUT2D eigenvalue weighted by Gasteiger charge is 2.15. The third kappa shape index (κ3) is 2.91. The normalized spacial score (nSPS) is 10.3. The van der Waals surface area contributed by atoms with Crippen molar-refractivity contribution in [2.45, 2.75) is 6.92 Å². The van der Waals surface area contributed by atoms with E-state index in [0.29, 0.717) is 15.2 Å². The fraction of sp³-hybridized carbons (Fsp3) is 0.154.